The Morgan fingerprint density at radius 1 is 1.33 bits per heavy atom. The van der Waals surface area contributed by atoms with Crippen molar-refractivity contribution in [2.45, 2.75) is 44.6 Å². The maximum atomic E-state index is 5.64. The van der Waals surface area contributed by atoms with Crippen LogP contribution in [0.15, 0.2) is 18.3 Å². The van der Waals surface area contributed by atoms with Gasteiger partial charge in [0.15, 0.2) is 0 Å². The highest BCUT2D eigenvalue weighted by atomic mass is 32.1. The predicted octanol–water partition coefficient (Wildman–Crippen LogP) is 2.87. The molecule has 18 heavy (non-hydrogen) atoms. The molecule has 0 radical (unpaired) electrons. The van der Waals surface area contributed by atoms with E-state index in [1.807, 2.05) is 12.1 Å². The maximum Gasteiger partial charge on any atom is 0.122 e. The number of nitrogens with two attached hydrogens (primary N) is 1. The molecule has 1 fully saturated rings. The van der Waals surface area contributed by atoms with Crippen LogP contribution in [0.2, 0.25) is 0 Å². The zero-order chi connectivity index (χ0) is 13.0. The van der Waals surface area contributed by atoms with Crippen LogP contribution in [0.25, 0.3) is 0 Å². The molecule has 0 atom stereocenters. The first-order chi connectivity index (χ1) is 8.68. The highest BCUT2D eigenvalue weighted by molar-refractivity contribution is 7.80. The number of hydrogen-bond acceptors (Lipinski definition) is 3. The van der Waals surface area contributed by atoms with E-state index in [2.05, 4.69) is 16.9 Å². The summed E-state index contributed by atoms with van der Waals surface area (Å²) in [6.45, 7) is 0. The van der Waals surface area contributed by atoms with Crippen LogP contribution in [0.4, 0.5) is 5.69 Å². The van der Waals surface area contributed by atoms with E-state index in [4.69, 9.17) is 18.0 Å². The molecule has 0 bridgehead atoms. The van der Waals surface area contributed by atoms with Crippen molar-refractivity contribution < 1.29 is 0 Å². The first-order valence-electron chi connectivity index (χ1n) is 6.67. The Balaban J connectivity index is 2.13. The van der Waals surface area contributed by atoms with Crippen molar-refractivity contribution in [2.75, 3.05) is 11.9 Å². The number of aromatic nitrogens is 1. The molecule has 0 unspecified atom stereocenters. The Morgan fingerprint density at radius 3 is 2.61 bits per heavy atom. The minimum atomic E-state index is 0.367. The molecule has 0 saturated heterocycles. The molecule has 0 aliphatic heterocycles. The van der Waals surface area contributed by atoms with E-state index in [1.54, 1.807) is 6.20 Å². The molecule has 0 aromatic carbocycles. The van der Waals surface area contributed by atoms with Gasteiger partial charge in [0, 0.05) is 25.0 Å². The maximum absolute atomic E-state index is 5.64. The van der Waals surface area contributed by atoms with Gasteiger partial charge in [-0.1, -0.05) is 37.9 Å². The molecule has 0 amide bonds. The topological polar surface area (TPSA) is 42.2 Å². The Labute approximate surface area is 114 Å². The normalized spacial score (nSPS) is 17.2. The molecule has 1 aromatic rings. The Hall–Kier alpha value is -1.16. The van der Waals surface area contributed by atoms with Crippen molar-refractivity contribution in [3.63, 3.8) is 0 Å². The zero-order valence-corrected chi connectivity index (χ0v) is 11.7. The van der Waals surface area contributed by atoms with Crippen LogP contribution in [0.5, 0.6) is 0 Å². The highest BCUT2D eigenvalue weighted by Gasteiger charge is 2.17. The molecule has 98 valence electrons. The van der Waals surface area contributed by atoms with E-state index in [-0.39, 0.29) is 0 Å². The lowest BCUT2D eigenvalue weighted by atomic mass is 10.1. The summed E-state index contributed by atoms with van der Waals surface area (Å²) in [6, 6.07) is 4.66. The van der Waals surface area contributed by atoms with E-state index < -0.39 is 0 Å². The molecule has 1 aliphatic rings. The zero-order valence-electron chi connectivity index (χ0n) is 10.9. The third-order valence-electron chi connectivity index (χ3n) is 3.78. The van der Waals surface area contributed by atoms with Crippen LogP contribution in [-0.4, -0.2) is 23.1 Å². The number of nitrogens with zero attached hydrogens (tertiary/aromatic N) is 2. The summed E-state index contributed by atoms with van der Waals surface area (Å²) in [6.07, 6.45) is 9.77. The largest absolute Gasteiger partial charge is 0.388 e. The van der Waals surface area contributed by atoms with Gasteiger partial charge in [-0.15, -0.1) is 0 Å². The second kappa shape index (κ2) is 6.14. The molecule has 3 nitrogen and oxygen atoms in total. The summed E-state index contributed by atoms with van der Waals surface area (Å²) in [4.78, 5) is 6.91. The molecule has 0 spiro atoms. The third-order valence-corrected chi connectivity index (χ3v) is 3.98. The van der Waals surface area contributed by atoms with Crippen LogP contribution in [0.1, 0.15) is 44.2 Å². The quantitative estimate of drug-likeness (QED) is 0.672. The van der Waals surface area contributed by atoms with Gasteiger partial charge in [0.1, 0.15) is 4.99 Å². The molecular formula is C14H21N3S. The van der Waals surface area contributed by atoms with Crippen molar-refractivity contribution in [3.8, 4) is 0 Å². The van der Waals surface area contributed by atoms with E-state index in [0.29, 0.717) is 16.7 Å². The van der Waals surface area contributed by atoms with Crippen molar-refractivity contribution in [1.29, 1.82) is 0 Å². The lowest BCUT2D eigenvalue weighted by Gasteiger charge is -2.29. The van der Waals surface area contributed by atoms with Gasteiger partial charge in [-0.05, 0) is 25.0 Å². The van der Waals surface area contributed by atoms with Gasteiger partial charge >= 0.3 is 0 Å². The summed E-state index contributed by atoms with van der Waals surface area (Å²) in [5.74, 6) is 0. The fraction of sp³-hybridized carbons (Fsp3) is 0.571. The van der Waals surface area contributed by atoms with Gasteiger partial charge in [-0.3, -0.25) is 4.98 Å². The smallest absolute Gasteiger partial charge is 0.122 e. The Kier molecular flexibility index (Phi) is 4.53. The minimum Gasteiger partial charge on any atom is -0.388 e. The lowest BCUT2D eigenvalue weighted by Crippen LogP contribution is -2.31. The monoisotopic (exact) mass is 263 g/mol. The Morgan fingerprint density at radius 2 is 2.00 bits per heavy atom. The average Bonchev–Trinajstić information content (AvgIpc) is 2.67. The highest BCUT2D eigenvalue weighted by Crippen LogP contribution is 2.25. The first kappa shape index (κ1) is 13.3. The van der Waals surface area contributed by atoms with Gasteiger partial charge < -0.3 is 10.6 Å². The summed E-state index contributed by atoms with van der Waals surface area (Å²) >= 11 is 4.98. The van der Waals surface area contributed by atoms with Crippen LogP contribution in [-0.2, 0) is 0 Å². The van der Waals surface area contributed by atoms with Crippen LogP contribution < -0.4 is 10.6 Å². The van der Waals surface area contributed by atoms with Crippen LogP contribution in [0, 0.1) is 0 Å². The van der Waals surface area contributed by atoms with Crippen LogP contribution >= 0.6 is 12.2 Å². The van der Waals surface area contributed by atoms with E-state index in [0.717, 1.165) is 0 Å². The lowest BCUT2D eigenvalue weighted by molar-refractivity contribution is 0.553. The number of anilines is 1. The van der Waals surface area contributed by atoms with Crippen molar-refractivity contribution in [1.82, 2.24) is 4.98 Å². The van der Waals surface area contributed by atoms with E-state index >= 15 is 0 Å². The molecular weight excluding hydrogens is 242 g/mol. The second-order valence-corrected chi connectivity index (χ2v) is 5.46. The summed E-state index contributed by atoms with van der Waals surface area (Å²) in [5, 5.41) is 0. The van der Waals surface area contributed by atoms with Crippen LogP contribution in [0.3, 0.4) is 0 Å². The first-order valence-corrected chi connectivity index (χ1v) is 7.08. The molecule has 2 rings (SSSR count). The van der Waals surface area contributed by atoms with Gasteiger partial charge in [-0.25, -0.2) is 0 Å². The molecule has 1 aromatic heterocycles. The van der Waals surface area contributed by atoms with Crippen molar-refractivity contribution >= 4 is 22.9 Å². The molecule has 1 aliphatic carbocycles. The average molecular weight is 263 g/mol. The third kappa shape index (κ3) is 3.19. The summed E-state index contributed by atoms with van der Waals surface area (Å²) < 4.78 is 0. The summed E-state index contributed by atoms with van der Waals surface area (Å²) in [5.41, 5.74) is 7.51. The van der Waals surface area contributed by atoms with E-state index in [9.17, 15) is 0 Å². The predicted molar refractivity (Wildman–Crippen MR) is 80.0 cm³/mol. The molecule has 2 N–H and O–H groups in total. The Bertz CT molecular complexity index is 411. The molecule has 1 heterocycles. The second-order valence-electron chi connectivity index (χ2n) is 5.02. The van der Waals surface area contributed by atoms with Gasteiger partial charge in [0.25, 0.3) is 0 Å². The van der Waals surface area contributed by atoms with Gasteiger partial charge in [-0.2, -0.15) is 0 Å². The van der Waals surface area contributed by atoms with Gasteiger partial charge in [0.2, 0.25) is 0 Å². The minimum absolute atomic E-state index is 0.367. The molecule has 1 saturated carbocycles. The fourth-order valence-corrected chi connectivity index (χ4v) is 2.74. The number of pyridine rings is 1. The number of rotatable bonds is 3. The number of hydrogen-bond donors (Lipinski definition) is 1. The summed E-state index contributed by atoms with van der Waals surface area (Å²) in [7, 11) is 2.16. The van der Waals surface area contributed by atoms with Crippen molar-refractivity contribution in [3.05, 3.63) is 24.0 Å². The number of thiocarbonyl (C=S) groups is 1. The standard InChI is InChI=1S/C14H21N3S/c1-17(11-6-4-2-3-5-7-11)12-8-9-16-13(10-12)14(15)18/h8-11H,2-7H2,1H3,(H2,15,18). The fourth-order valence-electron chi connectivity index (χ4n) is 2.63. The SMILES string of the molecule is CN(c1ccnc(C(N)=S)c1)C1CCCCCC1. The van der Waals surface area contributed by atoms with Gasteiger partial charge in [0.05, 0.1) is 5.69 Å². The molecule has 4 heteroatoms. The van der Waals surface area contributed by atoms with E-state index in [1.165, 1.54) is 44.2 Å². The van der Waals surface area contributed by atoms with Crippen molar-refractivity contribution in [2.24, 2.45) is 5.73 Å².